The molecule has 0 heterocycles. The van der Waals surface area contributed by atoms with Gasteiger partial charge in [0.25, 0.3) is 0 Å². The van der Waals surface area contributed by atoms with Gasteiger partial charge in [-0.2, -0.15) is 0 Å². The van der Waals surface area contributed by atoms with Crippen molar-refractivity contribution in [3.05, 3.63) is 82.2 Å². The molecular weight excluding hydrogens is 352 g/mol. The van der Waals surface area contributed by atoms with E-state index in [4.69, 9.17) is 10.3 Å². The number of hydrogen-bond acceptors (Lipinski definition) is 3. The normalized spacial score (nSPS) is 16.0. The van der Waals surface area contributed by atoms with Crippen LogP contribution in [0.5, 0.6) is 0 Å². The number of ether oxygens (including phenoxy) is 1. The van der Waals surface area contributed by atoms with E-state index in [2.05, 4.69) is 15.3 Å². The van der Waals surface area contributed by atoms with Gasteiger partial charge in [0.2, 0.25) is 0 Å². The molecule has 1 N–H and O–H groups in total. The molecule has 0 unspecified atom stereocenters. The Labute approximate surface area is 165 Å². The van der Waals surface area contributed by atoms with E-state index < -0.39 is 12.1 Å². The van der Waals surface area contributed by atoms with E-state index in [1.807, 2.05) is 60.7 Å². The number of benzene rings is 2. The molecule has 0 saturated heterocycles. The first-order valence-corrected chi connectivity index (χ1v) is 9.84. The van der Waals surface area contributed by atoms with Gasteiger partial charge in [-0.1, -0.05) is 65.8 Å². The molecule has 0 aliphatic heterocycles. The third-order valence-electron chi connectivity index (χ3n) is 5.13. The summed E-state index contributed by atoms with van der Waals surface area (Å²) in [5.41, 5.74) is 11.2. The molecule has 2 aromatic carbocycles. The molecule has 2 atom stereocenters. The lowest BCUT2D eigenvalue weighted by Crippen LogP contribution is -2.45. The second-order valence-corrected chi connectivity index (χ2v) is 7.21. The smallest absolute Gasteiger partial charge is 0.407 e. The van der Waals surface area contributed by atoms with Crippen LogP contribution in [0.2, 0.25) is 0 Å². The van der Waals surface area contributed by atoms with E-state index in [1.54, 1.807) is 0 Å². The second kappa shape index (κ2) is 10.4. The largest absolute Gasteiger partial charge is 0.446 e. The van der Waals surface area contributed by atoms with Crippen LogP contribution < -0.4 is 5.32 Å². The number of amides is 1. The number of nitrogens with one attached hydrogen (secondary N) is 1. The molecule has 1 aliphatic rings. The molecule has 1 fully saturated rings. The van der Waals surface area contributed by atoms with Crippen LogP contribution in [0.25, 0.3) is 10.4 Å². The molecule has 0 aromatic heterocycles. The van der Waals surface area contributed by atoms with Gasteiger partial charge in [-0.05, 0) is 55.2 Å². The molecule has 28 heavy (non-hydrogen) atoms. The molecule has 0 bridgehead atoms. The zero-order valence-corrected chi connectivity index (χ0v) is 15.9. The Kier molecular flexibility index (Phi) is 7.33. The van der Waals surface area contributed by atoms with E-state index in [0.717, 1.165) is 36.8 Å². The summed E-state index contributed by atoms with van der Waals surface area (Å²) in [6.45, 7) is 0. The van der Waals surface area contributed by atoms with E-state index in [-0.39, 0.29) is 12.1 Å². The summed E-state index contributed by atoms with van der Waals surface area (Å²) in [6, 6.07) is 19.0. The molecule has 1 saturated carbocycles. The lowest BCUT2D eigenvalue weighted by Gasteiger charge is -2.25. The van der Waals surface area contributed by atoms with E-state index in [9.17, 15) is 4.79 Å². The van der Waals surface area contributed by atoms with Crippen molar-refractivity contribution >= 4 is 6.09 Å². The van der Waals surface area contributed by atoms with Crippen molar-refractivity contribution in [2.24, 2.45) is 5.11 Å². The molecule has 0 spiro atoms. The summed E-state index contributed by atoms with van der Waals surface area (Å²) in [6.07, 6.45) is 4.70. The maximum atomic E-state index is 12.5. The van der Waals surface area contributed by atoms with E-state index >= 15 is 0 Å². The van der Waals surface area contributed by atoms with Crippen molar-refractivity contribution in [2.75, 3.05) is 0 Å². The van der Waals surface area contributed by atoms with Crippen LogP contribution in [0, 0.1) is 0 Å². The summed E-state index contributed by atoms with van der Waals surface area (Å²) in [5, 5.41) is 6.98. The Balaban J connectivity index is 1.75. The minimum Gasteiger partial charge on any atom is -0.446 e. The number of carbonyl (C=O) groups excluding carboxylic acids is 1. The first-order chi connectivity index (χ1) is 13.7. The fourth-order valence-corrected chi connectivity index (χ4v) is 3.68. The van der Waals surface area contributed by atoms with E-state index in [0.29, 0.717) is 12.8 Å². The number of alkyl carbamates (subject to hydrolysis) is 1. The number of carbonyl (C=O) groups is 1. The maximum Gasteiger partial charge on any atom is 0.407 e. The molecule has 3 rings (SSSR count). The molecule has 146 valence electrons. The third-order valence-corrected chi connectivity index (χ3v) is 5.13. The monoisotopic (exact) mass is 378 g/mol. The van der Waals surface area contributed by atoms with Crippen LogP contribution in [-0.2, 0) is 17.6 Å². The van der Waals surface area contributed by atoms with Gasteiger partial charge >= 0.3 is 6.09 Å². The third kappa shape index (κ3) is 6.03. The van der Waals surface area contributed by atoms with Gasteiger partial charge in [0, 0.05) is 11.0 Å². The zero-order chi connectivity index (χ0) is 19.6. The topological polar surface area (TPSA) is 87.1 Å². The number of rotatable bonds is 8. The number of nitrogens with zero attached hydrogens (tertiary/aromatic N) is 3. The quantitative estimate of drug-likeness (QED) is 0.389. The molecule has 1 aliphatic carbocycles. The van der Waals surface area contributed by atoms with Crippen molar-refractivity contribution in [1.29, 1.82) is 0 Å². The highest BCUT2D eigenvalue weighted by molar-refractivity contribution is 5.68. The highest BCUT2D eigenvalue weighted by Crippen LogP contribution is 2.21. The van der Waals surface area contributed by atoms with Gasteiger partial charge in [-0.15, -0.1) is 0 Å². The Bertz CT molecular complexity index is 785. The zero-order valence-electron chi connectivity index (χ0n) is 15.9. The summed E-state index contributed by atoms with van der Waals surface area (Å²) in [4.78, 5) is 15.5. The van der Waals surface area contributed by atoms with Crippen LogP contribution in [0.3, 0.4) is 0 Å². The SMILES string of the molecule is [N-]=[N+]=N[C@@H](Cc1ccccc1)[C@H](Cc1ccccc1)NC(=O)OC1CCCC1. The molecule has 6 nitrogen and oxygen atoms in total. The maximum absolute atomic E-state index is 12.5. The van der Waals surface area contributed by atoms with Crippen molar-refractivity contribution < 1.29 is 9.53 Å². The Morgan fingerprint density at radius 2 is 1.61 bits per heavy atom. The highest BCUT2D eigenvalue weighted by atomic mass is 16.6. The van der Waals surface area contributed by atoms with Crippen molar-refractivity contribution in [1.82, 2.24) is 5.32 Å². The first kappa shape index (κ1) is 19.8. The minimum absolute atomic E-state index is 0.00980. The van der Waals surface area contributed by atoms with Crippen LogP contribution in [0.4, 0.5) is 4.79 Å². The molecule has 2 aromatic rings. The summed E-state index contributed by atoms with van der Waals surface area (Å²) in [5.74, 6) is 0. The summed E-state index contributed by atoms with van der Waals surface area (Å²) in [7, 11) is 0. The molecule has 1 amide bonds. The van der Waals surface area contributed by atoms with Gasteiger partial charge in [0.15, 0.2) is 0 Å². The molecule has 6 heteroatoms. The van der Waals surface area contributed by atoms with Gasteiger partial charge in [0.05, 0.1) is 6.04 Å². The molecular formula is C22H26N4O2. The fourth-order valence-electron chi connectivity index (χ4n) is 3.68. The van der Waals surface area contributed by atoms with Gasteiger partial charge < -0.3 is 10.1 Å². The lowest BCUT2D eigenvalue weighted by molar-refractivity contribution is 0.0966. The predicted molar refractivity (Wildman–Crippen MR) is 109 cm³/mol. The first-order valence-electron chi connectivity index (χ1n) is 9.84. The predicted octanol–water partition coefficient (Wildman–Crippen LogP) is 5.19. The van der Waals surface area contributed by atoms with Gasteiger partial charge in [-0.25, -0.2) is 4.79 Å². The Hall–Kier alpha value is -2.98. The average molecular weight is 378 g/mol. The van der Waals surface area contributed by atoms with Crippen LogP contribution >= 0.6 is 0 Å². The highest BCUT2D eigenvalue weighted by Gasteiger charge is 2.26. The fraction of sp³-hybridized carbons (Fsp3) is 0.409. The van der Waals surface area contributed by atoms with Crippen molar-refractivity contribution in [2.45, 2.75) is 56.7 Å². The minimum atomic E-state index is -0.431. The summed E-state index contributed by atoms with van der Waals surface area (Å²) >= 11 is 0. The number of azide groups is 1. The Morgan fingerprint density at radius 3 is 2.18 bits per heavy atom. The molecule has 0 radical (unpaired) electrons. The van der Waals surface area contributed by atoms with Gasteiger partial charge in [0.1, 0.15) is 6.10 Å². The van der Waals surface area contributed by atoms with Crippen LogP contribution in [-0.4, -0.2) is 24.3 Å². The lowest BCUT2D eigenvalue weighted by atomic mass is 9.95. The standard InChI is InChI=1S/C22H26N4O2/c23-26-25-21(16-18-11-5-2-6-12-18)20(15-17-9-3-1-4-10-17)24-22(27)28-19-13-7-8-14-19/h1-6,9-12,19-21H,7-8,13-16H2,(H,24,27)/t20-,21-/m0/s1. The Morgan fingerprint density at radius 1 is 1.04 bits per heavy atom. The van der Waals surface area contributed by atoms with Crippen LogP contribution in [0.15, 0.2) is 65.8 Å². The average Bonchev–Trinajstić information content (AvgIpc) is 3.22. The van der Waals surface area contributed by atoms with Crippen molar-refractivity contribution in [3.8, 4) is 0 Å². The van der Waals surface area contributed by atoms with Crippen LogP contribution in [0.1, 0.15) is 36.8 Å². The number of hydrogen-bond donors (Lipinski definition) is 1. The second-order valence-electron chi connectivity index (χ2n) is 7.21. The van der Waals surface area contributed by atoms with Crippen molar-refractivity contribution in [3.63, 3.8) is 0 Å². The van der Waals surface area contributed by atoms with Gasteiger partial charge in [-0.3, -0.25) is 0 Å². The van der Waals surface area contributed by atoms with E-state index in [1.165, 1.54) is 0 Å². The summed E-state index contributed by atoms with van der Waals surface area (Å²) < 4.78 is 5.57.